The summed E-state index contributed by atoms with van der Waals surface area (Å²) in [7, 11) is 0.167. The molecule has 1 amide bonds. The maximum absolute atomic E-state index is 11.0. The molecule has 10 heavy (non-hydrogen) atoms. The van der Waals surface area contributed by atoms with Gasteiger partial charge in [-0.05, 0) is 19.3 Å². The van der Waals surface area contributed by atoms with Crippen LogP contribution in [0.15, 0.2) is 0 Å². The predicted octanol–water partition coefficient (Wildman–Crippen LogP) is -0.0975. The molecule has 0 aliphatic carbocycles. The van der Waals surface area contributed by atoms with Crippen LogP contribution in [0.5, 0.6) is 0 Å². The van der Waals surface area contributed by atoms with Gasteiger partial charge < -0.3 is 10.5 Å². The summed E-state index contributed by atoms with van der Waals surface area (Å²) in [5.41, 5.74) is 5.21. The third-order valence-electron chi connectivity index (χ3n) is 1.88. The second kappa shape index (κ2) is 3.61. The first kappa shape index (κ1) is 7.60. The lowest BCUT2D eigenvalue weighted by atomic mass is 9.93. The average molecular weight is 140 g/mol. The molecule has 0 radical (unpaired) electrons. The number of carbonyl (C=O) groups excluding carboxylic acids is 1. The summed E-state index contributed by atoms with van der Waals surface area (Å²) < 4.78 is 0. The van der Waals surface area contributed by atoms with Crippen LogP contribution in [-0.2, 0) is 0 Å². The van der Waals surface area contributed by atoms with Crippen molar-refractivity contribution in [3.63, 3.8) is 0 Å². The van der Waals surface area contributed by atoms with Crippen LogP contribution in [0.1, 0.15) is 19.3 Å². The highest BCUT2D eigenvalue weighted by molar-refractivity contribution is 6.70. The standard InChI is InChI=1S/C6H13BN2O/c8-7-6(10)9-4-2-1-3-5-9/h7H,1-5,8H2. The highest BCUT2D eigenvalue weighted by Crippen LogP contribution is 2.07. The molecule has 3 nitrogen and oxygen atoms in total. The van der Waals surface area contributed by atoms with Gasteiger partial charge in [-0.15, -0.1) is 0 Å². The maximum atomic E-state index is 11.0. The van der Waals surface area contributed by atoms with Gasteiger partial charge in [0.05, 0.1) is 0 Å². The van der Waals surface area contributed by atoms with Crippen LogP contribution in [0.3, 0.4) is 0 Å². The first-order chi connectivity index (χ1) is 4.84. The molecule has 0 unspecified atom stereocenters. The molecule has 0 aromatic carbocycles. The minimum atomic E-state index is 0.0969. The van der Waals surface area contributed by atoms with Crippen LogP contribution in [0.4, 0.5) is 4.79 Å². The Labute approximate surface area is 61.8 Å². The van der Waals surface area contributed by atoms with Crippen molar-refractivity contribution in [3.8, 4) is 0 Å². The van der Waals surface area contributed by atoms with E-state index in [4.69, 9.17) is 5.64 Å². The Morgan fingerprint density at radius 2 is 1.90 bits per heavy atom. The van der Waals surface area contributed by atoms with Crippen molar-refractivity contribution in [2.75, 3.05) is 13.1 Å². The van der Waals surface area contributed by atoms with Crippen LogP contribution in [0.25, 0.3) is 0 Å². The molecule has 1 heterocycles. The van der Waals surface area contributed by atoms with Gasteiger partial charge in [0.2, 0.25) is 0 Å². The van der Waals surface area contributed by atoms with E-state index < -0.39 is 0 Å². The first-order valence-electron chi connectivity index (χ1n) is 3.82. The second-order valence-electron chi connectivity index (χ2n) is 2.65. The van der Waals surface area contributed by atoms with E-state index in [1.807, 2.05) is 4.90 Å². The molecular formula is C6H13BN2O. The summed E-state index contributed by atoms with van der Waals surface area (Å²) in [5, 5.41) is 0. The number of piperidine rings is 1. The minimum absolute atomic E-state index is 0.0969. The SMILES string of the molecule is NBC(=O)N1CCCCC1. The highest BCUT2D eigenvalue weighted by atomic mass is 16.2. The van der Waals surface area contributed by atoms with E-state index in [0.717, 1.165) is 25.9 Å². The lowest BCUT2D eigenvalue weighted by Gasteiger charge is -2.26. The van der Waals surface area contributed by atoms with Gasteiger partial charge in [0.25, 0.3) is 0 Å². The number of amides is 1. The first-order valence-corrected chi connectivity index (χ1v) is 3.82. The smallest absolute Gasteiger partial charge is 0.309 e. The topological polar surface area (TPSA) is 46.3 Å². The molecule has 0 saturated carbocycles. The van der Waals surface area contributed by atoms with E-state index in [1.165, 1.54) is 6.42 Å². The Bertz CT molecular complexity index is 123. The molecule has 0 spiro atoms. The number of hydrogen-bond donors (Lipinski definition) is 1. The van der Waals surface area contributed by atoms with Gasteiger partial charge in [0, 0.05) is 13.1 Å². The van der Waals surface area contributed by atoms with Crippen LogP contribution in [0, 0.1) is 0 Å². The Morgan fingerprint density at radius 3 is 2.40 bits per heavy atom. The largest absolute Gasteiger partial charge is 0.365 e. The molecule has 1 aliphatic rings. The monoisotopic (exact) mass is 140 g/mol. The van der Waals surface area contributed by atoms with Crippen LogP contribution >= 0.6 is 0 Å². The molecular weight excluding hydrogens is 127 g/mol. The fraction of sp³-hybridized carbons (Fsp3) is 0.833. The van der Waals surface area contributed by atoms with E-state index in [2.05, 4.69) is 0 Å². The molecule has 0 atom stereocenters. The van der Waals surface area contributed by atoms with Crippen molar-refractivity contribution in [3.05, 3.63) is 0 Å². The Kier molecular flexibility index (Phi) is 2.74. The maximum Gasteiger partial charge on any atom is 0.309 e. The Balaban J connectivity index is 2.31. The van der Waals surface area contributed by atoms with E-state index in [1.54, 1.807) is 0 Å². The highest BCUT2D eigenvalue weighted by Gasteiger charge is 2.14. The number of rotatable bonds is 1. The number of hydrogen-bond acceptors (Lipinski definition) is 2. The number of carbonyl (C=O) groups is 1. The predicted molar refractivity (Wildman–Crippen MR) is 42.2 cm³/mol. The normalized spacial score (nSPS) is 18.7. The lowest BCUT2D eigenvalue weighted by molar-refractivity contribution is 0.209. The van der Waals surface area contributed by atoms with Crippen LogP contribution < -0.4 is 5.64 Å². The molecule has 2 N–H and O–H groups in total. The summed E-state index contributed by atoms with van der Waals surface area (Å²) >= 11 is 0. The number of nitrogens with two attached hydrogens (primary N) is 1. The molecule has 1 saturated heterocycles. The fourth-order valence-corrected chi connectivity index (χ4v) is 1.27. The van der Waals surface area contributed by atoms with Crippen molar-refractivity contribution in [2.45, 2.75) is 19.3 Å². The van der Waals surface area contributed by atoms with E-state index in [0.29, 0.717) is 0 Å². The quantitative estimate of drug-likeness (QED) is 0.517. The Morgan fingerprint density at radius 1 is 1.30 bits per heavy atom. The van der Waals surface area contributed by atoms with Gasteiger partial charge in [0.15, 0.2) is 5.81 Å². The van der Waals surface area contributed by atoms with Crippen molar-refractivity contribution in [1.82, 2.24) is 4.90 Å². The van der Waals surface area contributed by atoms with E-state index in [9.17, 15) is 4.79 Å². The average Bonchev–Trinajstić information content (AvgIpc) is 2.05. The van der Waals surface area contributed by atoms with Gasteiger partial charge in [-0.3, -0.25) is 4.79 Å². The summed E-state index contributed by atoms with van der Waals surface area (Å²) in [5.74, 6) is 0.0969. The summed E-state index contributed by atoms with van der Waals surface area (Å²) in [6.07, 6.45) is 3.55. The number of likely N-dealkylation sites (tertiary alicyclic amines) is 1. The van der Waals surface area contributed by atoms with Crippen molar-refractivity contribution >= 4 is 13.2 Å². The van der Waals surface area contributed by atoms with Crippen LogP contribution in [0.2, 0.25) is 0 Å². The summed E-state index contributed by atoms with van der Waals surface area (Å²) in [4.78, 5) is 12.8. The van der Waals surface area contributed by atoms with Gasteiger partial charge >= 0.3 is 7.41 Å². The third-order valence-corrected chi connectivity index (χ3v) is 1.88. The minimum Gasteiger partial charge on any atom is -0.365 e. The second-order valence-corrected chi connectivity index (χ2v) is 2.65. The van der Waals surface area contributed by atoms with E-state index in [-0.39, 0.29) is 13.2 Å². The molecule has 4 heteroatoms. The van der Waals surface area contributed by atoms with Crippen LogP contribution in [-0.4, -0.2) is 31.2 Å². The molecule has 1 rings (SSSR count). The molecule has 0 bridgehead atoms. The molecule has 0 aromatic rings. The number of nitrogens with zero attached hydrogens (tertiary/aromatic N) is 1. The van der Waals surface area contributed by atoms with Gasteiger partial charge in [0.1, 0.15) is 0 Å². The van der Waals surface area contributed by atoms with Gasteiger partial charge in [-0.2, -0.15) is 0 Å². The van der Waals surface area contributed by atoms with Crippen molar-refractivity contribution < 1.29 is 4.79 Å². The Hall–Kier alpha value is -0.505. The molecule has 1 fully saturated rings. The summed E-state index contributed by atoms with van der Waals surface area (Å²) in [6.45, 7) is 1.83. The van der Waals surface area contributed by atoms with Gasteiger partial charge in [-0.1, -0.05) is 0 Å². The lowest BCUT2D eigenvalue weighted by Crippen LogP contribution is -2.40. The van der Waals surface area contributed by atoms with Crippen molar-refractivity contribution in [1.29, 1.82) is 0 Å². The van der Waals surface area contributed by atoms with Crippen molar-refractivity contribution in [2.24, 2.45) is 5.64 Å². The van der Waals surface area contributed by atoms with Gasteiger partial charge in [-0.25, -0.2) is 0 Å². The molecule has 0 aromatic heterocycles. The fourth-order valence-electron chi connectivity index (χ4n) is 1.27. The molecule has 56 valence electrons. The zero-order valence-corrected chi connectivity index (χ0v) is 6.18. The zero-order valence-electron chi connectivity index (χ0n) is 6.18. The molecule has 1 aliphatic heterocycles. The van der Waals surface area contributed by atoms with E-state index >= 15 is 0 Å². The zero-order chi connectivity index (χ0) is 7.40. The third kappa shape index (κ3) is 1.74. The summed E-state index contributed by atoms with van der Waals surface area (Å²) in [6, 6.07) is 0.